The number of hydrogen-bond acceptors (Lipinski definition) is 2. The molecule has 0 amide bonds. The fraction of sp³-hybridized carbons (Fsp3) is 0.125. The zero-order valence-corrected chi connectivity index (χ0v) is 22.4. The second-order valence-corrected chi connectivity index (χ2v) is 9.29. The third kappa shape index (κ3) is 7.94. The summed E-state index contributed by atoms with van der Waals surface area (Å²) >= 11 is 0. The minimum Gasteiger partial charge on any atom is -0.429 e. The van der Waals surface area contributed by atoms with Crippen molar-refractivity contribution in [3.63, 3.8) is 0 Å². The summed E-state index contributed by atoms with van der Waals surface area (Å²) in [6, 6.07) is 7.38. The molecule has 0 radical (unpaired) electrons. The molecule has 13 heteroatoms. The van der Waals surface area contributed by atoms with Gasteiger partial charge in [-0.25, -0.2) is 26.3 Å². The average molecular weight is 642 g/mol. The summed E-state index contributed by atoms with van der Waals surface area (Å²) in [5, 5.41) is 0. The molecule has 0 atom stereocenters. The van der Waals surface area contributed by atoms with Crippen LogP contribution in [-0.2, 0) is 12.5 Å². The number of ether oxygens (including phenoxy) is 2. The van der Waals surface area contributed by atoms with Gasteiger partial charge in [-0.05, 0) is 60.4 Å². The number of rotatable bonds is 8. The smallest absolute Gasteiger partial charge is 0.429 e. The molecule has 234 valence electrons. The molecule has 0 aliphatic heterocycles. The van der Waals surface area contributed by atoms with Gasteiger partial charge in [-0.15, -0.1) is 19.8 Å². The molecule has 0 aliphatic carbocycles. The molecule has 45 heavy (non-hydrogen) atoms. The third-order valence-corrected chi connectivity index (χ3v) is 6.07. The van der Waals surface area contributed by atoms with Gasteiger partial charge < -0.3 is 9.47 Å². The normalized spacial score (nSPS) is 11.5. The van der Waals surface area contributed by atoms with E-state index >= 15 is 0 Å². The molecule has 4 aromatic carbocycles. The van der Waals surface area contributed by atoms with Crippen LogP contribution in [0.25, 0.3) is 11.1 Å². The van der Waals surface area contributed by atoms with E-state index in [-0.39, 0.29) is 12.1 Å². The zero-order valence-electron chi connectivity index (χ0n) is 22.4. The Morgan fingerprint density at radius 3 is 1.73 bits per heavy atom. The van der Waals surface area contributed by atoms with Crippen molar-refractivity contribution < 1.29 is 57.8 Å². The minimum absolute atomic E-state index is 0.203. The first-order chi connectivity index (χ1) is 21.1. The van der Waals surface area contributed by atoms with Crippen LogP contribution in [0.3, 0.4) is 0 Å². The Morgan fingerprint density at radius 1 is 0.667 bits per heavy atom. The van der Waals surface area contributed by atoms with Crippen molar-refractivity contribution in [3.05, 3.63) is 130 Å². The van der Waals surface area contributed by atoms with Crippen molar-refractivity contribution in [2.75, 3.05) is 0 Å². The van der Waals surface area contributed by atoms with Crippen molar-refractivity contribution in [2.45, 2.75) is 25.3 Å². The van der Waals surface area contributed by atoms with E-state index in [0.717, 1.165) is 17.7 Å². The van der Waals surface area contributed by atoms with E-state index in [2.05, 4.69) is 22.0 Å². The van der Waals surface area contributed by atoms with Crippen LogP contribution in [-0.4, -0.2) is 6.36 Å². The summed E-state index contributed by atoms with van der Waals surface area (Å²) in [4.78, 5) is 0. The summed E-state index contributed by atoms with van der Waals surface area (Å²) < 4.78 is 161. The largest absolute Gasteiger partial charge is 0.573 e. The first-order valence-electron chi connectivity index (χ1n) is 12.6. The van der Waals surface area contributed by atoms with E-state index in [9.17, 15) is 48.3 Å². The number of hydrogen-bond donors (Lipinski definition) is 0. The van der Waals surface area contributed by atoms with Crippen LogP contribution in [0.1, 0.15) is 28.7 Å². The van der Waals surface area contributed by atoms with Gasteiger partial charge in [0, 0.05) is 17.7 Å². The van der Waals surface area contributed by atoms with Crippen LogP contribution in [0, 0.1) is 46.7 Å². The van der Waals surface area contributed by atoms with Crippen LogP contribution < -0.4 is 9.47 Å². The Labute approximate surface area is 248 Å². The molecule has 2 nitrogen and oxygen atoms in total. The molecule has 0 aliphatic rings. The van der Waals surface area contributed by atoms with Gasteiger partial charge >= 0.3 is 12.5 Å². The van der Waals surface area contributed by atoms with Crippen LogP contribution >= 0.6 is 0 Å². The molecule has 0 saturated carbocycles. The second kappa shape index (κ2) is 12.9. The Morgan fingerprint density at radius 2 is 1.22 bits per heavy atom. The highest BCUT2D eigenvalue weighted by atomic mass is 19.4. The summed E-state index contributed by atoms with van der Waals surface area (Å²) in [6.07, 6.45) is -6.57. The Hall–Kier alpha value is -4.99. The minimum atomic E-state index is -5.45. The molecule has 0 fully saturated rings. The number of allylic oxidation sites excluding steroid dienone is 1. The number of halogens is 11. The summed E-state index contributed by atoms with van der Waals surface area (Å²) in [5.74, 6) is -8.34. The van der Waals surface area contributed by atoms with Crippen LogP contribution in [0.15, 0.2) is 73.3 Å². The van der Waals surface area contributed by atoms with Crippen molar-refractivity contribution in [2.24, 2.45) is 0 Å². The van der Waals surface area contributed by atoms with Gasteiger partial charge in [0.15, 0.2) is 11.6 Å². The van der Waals surface area contributed by atoms with E-state index < -0.39 is 86.7 Å². The Kier molecular flexibility index (Phi) is 9.46. The van der Waals surface area contributed by atoms with E-state index in [0.29, 0.717) is 37.1 Å². The SMILES string of the molecule is C=CCCc1ccc(C(F)(F)Oc2cc(F)c(C#Cc3cc(F)c(-c4cc(F)c(OC(F)(F)F)c(F)c4)c(F)c3)c(F)c2)cc1. The van der Waals surface area contributed by atoms with Crippen molar-refractivity contribution in [3.8, 4) is 34.5 Å². The molecule has 0 unspecified atom stereocenters. The monoisotopic (exact) mass is 642 g/mol. The molecule has 4 aromatic rings. The van der Waals surface area contributed by atoms with E-state index in [4.69, 9.17) is 0 Å². The second-order valence-electron chi connectivity index (χ2n) is 9.29. The number of aryl methyl sites for hydroxylation is 1. The van der Waals surface area contributed by atoms with Gasteiger partial charge in [0.25, 0.3) is 0 Å². The summed E-state index contributed by atoms with van der Waals surface area (Å²) in [5.41, 5.74) is -3.20. The van der Waals surface area contributed by atoms with Gasteiger partial charge in [0.05, 0.1) is 16.7 Å². The Balaban J connectivity index is 1.56. The highest BCUT2D eigenvalue weighted by Gasteiger charge is 2.36. The fourth-order valence-corrected chi connectivity index (χ4v) is 4.04. The highest BCUT2D eigenvalue weighted by Crippen LogP contribution is 2.36. The molecule has 0 aromatic heterocycles. The van der Waals surface area contributed by atoms with E-state index in [1.54, 1.807) is 6.08 Å². The summed E-state index contributed by atoms with van der Waals surface area (Å²) in [7, 11) is 0. The molecular formula is C32H17F11O2. The van der Waals surface area contributed by atoms with Crippen molar-refractivity contribution in [1.29, 1.82) is 0 Å². The molecule has 0 N–H and O–H groups in total. The molecule has 0 bridgehead atoms. The maximum Gasteiger partial charge on any atom is 0.573 e. The van der Waals surface area contributed by atoms with Crippen molar-refractivity contribution in [1.82, 2.24) is 0 Å². The lowest BCUT2D eigenvalue weighted by Gasteiger charge is -2.19. The van der Waals surface area contributed by atoms with Gasteiger partial charge in [-0.3, -0.25) is 0 Å². The third-order valence-electron chi connectivity index (χ3n) is 6.07. The topological polar surface area (TPSA) is 18.5 Å². The molecule has 4 rings (SSSR count). The van der Waals surface area contributed by atoms with Crippen LogP contribution in [0.2, 0.25) is 0 Å². The number of benzene rings is 4. The van der Waals surface area contributed by atoms with Gasteiger partial charge in [0.2, 0.25) is 5.75 Å². The number of alkyl halides is 5. The highest BCUT2D eigenvalue weighted by molar-refractivity contribution is 5.67. The lowest BCUT2D eigenvalue weighted by Crippen LogP contribution is -2.22. The first-order valence-corrected chi connectivity index (χ1v) is 12.6. The lowest BCUT2D eigenvalue weighted by atomic mass is 10.0. The van der Waals surface area contributed by atoms with Crippen LogP contribution in [0.4, 0.5) is 48.3 Å². The van der Waals surface area contributed by atoms with E-state index in [1.165, 1.54) is 12.1 Å². The van der Waals surface area contributed by atoms with E-state index in [1.807, 2.05) is 5.92 Å². The fourth-order valence-electron chi connectivity index (χ4n) is 4.04. The van der Waals surface area contributed by atoms with Gasteiger partial charge in [-0.1, -0.05) is 30.0 Å². The molecule has 0 spiro atoms. The standard InChI is InChI=1S/C32H17F11O2/c1-2-3-4-17-5-8-20(9-6-17)31(39,40)44-21-15-23(33)22(24(34)16-21)10-7-18-11-25(35)29(26(36)12-18)19-13-27(37)30(28(38)14-19)45-32(41,42)43/h2,5-6,8-9,11-16H,1,3-4H2. The van der Waals surface area contributed by atoms with Gasteiger partial charge in [-0.2, -0.15) is 8.78 Å². The maximum absolute atomic E-state index is 14.7. The predicted octanol–water partition coefficient (Wildman–Crippen LogP) is 9.73. The molecular weight excluding hydrogens is 625 g/mol. The first kappa shape index (κ1) is 32.9. The summed E-state index contributed by atoms with van der Waals surface area (Å²) in [6.45, 7) is 3.57. The maximum atomic E-state index is 14.7. The zero-order chi connectivity index (χ0) is 33.1. The Bertz CT molecular complexity index is 1730. The lowest BCUT2D eigenvalue weighted by molar-refractivity contribution is -0.276. The quantitative estimate of drug-likeness (QED) is 0.108. The van der Waals surface area contributed by atoms with Crippen LogP contribution in [0.5, 0.6) is 11.5 Å². The predicted molar refractivity (Wildman–Crippen MR) is 140 cm³/mol. The van der Waals surface area contributed by atoms with Crippen molar-refractivity contribution >= 4 is 0 Å². The molecule has 0 heterocycles. The van der Waals surface area contributed by atoms with Gasteiger partial charge in [0.1, 0.15) is 29.0 Å². The average Bonchev–Trinajstić information content (AvgIpc) is 2.92. The molecule has 0 saturated heterocycles.